The number of carbonyl (C=O) groups is 4. The maximum absolute atomic E-state index is 13.7. The number of rotatable bonds is 22. The van der Waals surface area contributed by atoms with Crippen LogP contribution < -0.4 is 4.74 Å². The quantitative estimate of drug-likeness (QED) is 0.103. The minimum Gasteiger partial charge on any atom is -0.491 e. The lowest BCUT2D eigenvalue weighted by Gasteiger charge is -2.36. The van der Waals surface area contributed by atoms with Crippen LogP contribution in [-0.4, -0.2) is 191 Å². The van der Waals surface area contributed by atoms with Gasteiger partial charge in [0.2, 0.25) is 0 Å². The van der Waals surface area contributed by atoms with Crippen LogP contribution >= 0.6 is 0 Å². The van der Waals surface area contributed by atoms with Gasteiger partial charge in [0.15, 0.2) is 0 Å². The van der Waals surface area contributed by atoms with Crippen molar-refractivity contribution in [3.63, 3.8) is 0 Å². The topological polar surface area (TPSA) is 166 Å². The van der Waals surface area contributed by atoms with Gasteiger partial charge in [-0.15, -0.1) is 0 Å². The average molecular weight is 811 g/mol. The summed E-state index contributed by atoms with van der Waals surface area (Å²) in [5.74, 6) is -1.47. The summed E-state index contributed by atoms with van der Waals surface area (Å²) < 4.78 is 39.0. The Balaban J connectivity index is 2.27. The first-order chi connectivity index (χ1) is 27.0. The Morgan fingerprint density at radius 2 is 1.05 bits per heavy atom. The van der Waals surface area contributed by atoms with Gasteiger partial charge in [-0.3, -0.25) is 38.8 Å². The Morgan fingerprint density at radius 1 is 0.614 bits per heavy atom. The van der Waals surface area contributed by atoms with E-state index in [0.717, 1.165) is 5.56 Å². The molecule has 1 unspecified atom stereocenters. The van der Waals surface area contributed by atoms with Crippen LogP contribution in [0, 0.1) is 0 Å². The van der Waals surface area contributed by atoms with Crippen molar-refractivity contribution in [2.75, 3.05) is 125 Å². The summed E-state index contributed by atoms with van der Waals surface area (Å²) >= 11 is 0. The molecule has 1 atom stereocenters. The van der Waals surface area contributed by atoms with Crippen LogP contribution in [0.25, 0.3) is 0 Å². The molecule has 326 valence electrons. The number of benzene rings is 1. The fourth-order valence-electron chi connectivity index (χ4n) is 5.99. The lowest BCUT2D eigenvalue weighted by Crippen LogP contribution is -2.53. The molecule has 16 nitrogen and oxygen atoms in total. The second kappa shape index (κ2) is 26.6. The van der Waals surface area contributed by atoms with Crippen molar-refractivity contribution in [1.82, 2.24) is 19.6 Å². The molecule has 1 aliphatic rings. The zero-order valence-corrected chi connectivity index (χ0v) is 35.8. The molecule has 1 saturated heterocycles. The van der Waals surface area contributed by atoms with E-state index in [2.05, 4.69) is 0 Å². The summed E-state index contributed by atoms with van der Waals surface area (Å²) in [6.07, 6.45) is 0.343. The highest BCUT2D eigenvalue weighted by atomic mass is 16.6. The third-order valence-electron chi connectivity index (χ3n) is 8.57. The average Bonchev–Trinajstić information content (AvgIpc) is 3.10. The third kappa shape index (κ3) is 23.6. The zero-order chi connectivity index (χ0) is 42.3. The van der Waals surface area contributed by atoms with Gasteiger partial charge in [-0.2, -0.15) is 0 Å². The largest absolute Gasteiger partial charge is 0.491 e. The Morgan fingerprint density at radius 3 is 1.49 bits per heavy atom. The molecule has 1 fully saturated rings. The number of carbonyl (C=O) groups excluding carboxylic acids is 3. The highest BCUT2D eigenvalue weighted by Crippen LogP contribution is 2.18. The van der Waals surface area contributed by atoms with E-state index in [-0.39, 0.29) is 32.2 Å². The van der Waals surface area contributed by atoms with Crippen LogP contribution in [0.5, 0.6) is 5.75 Å². The summed E-state index contributed by atoms with van der Waals surface area (Å²) in [5, 5.41) is 9.67. The fourth-order valence-corrected chi connectivity index (χ4v) is 5.99. The van der Waals surface area contributed by atoms with E-state index in [1.54, 1.807) is 11.8 Å². The molecule has 0 spiro atoms. The van der Waals surface area contributed by atoms with E-state index in [9.17, 15) is 24.3 Å². The third-order valence-corrected chi connectivity index (χ3v) is 8.57. The van der Waals surface area contributed by atoms with Crippen LogP contribution in [0.1, 0.15) is 61.0 Å². The highest BCUT2D eigenvalue weighted by molar-refractivity contribution is 5.76. The van der Waals surface area contributed by atoms with Gasteiger partial charge in [0.05, 0.1) is 59.3 Å². The van der Waals surface area contributed by atoms with Crippen molar-refractivity contribution in [2.45, 2.75) is 79.1 Å². The van der Waals surface area contributed by atoms with E-state index in [0.29, 0.717) is 111 Å². The number of ether oxygens (including phenoxy) is 7. The van der Waals surface area contributed by atoms with Gasteiger partial charge in [0, 0.05) is 59.0 Å². The van der Waals surface area contributed by atoms with Crippen LogP contribution in [0.15, 0.2) is 24.3 Å². The van der Waals surface area contributed by atoms with Gasteiger partial charge >= 0.3 is 23.9 Å². The second-order valence-electron chi connectivity index (χ2n) is 15.8. The molecule has 0 radical (unpaired) electrons. The second-order valence-corrected chi connectivity index (χ2v) is 15.8. The molecule has 0 amide bonds. The highest BCUT2D eigenvalue weighted by Gasteiger charge is 2.30. The minimum atomic E-state index is -0.970. The number of hydrogen-bond acceptors (Lipinski definition) is 15. The van der Waals surface area contributed by atoms with Gasteiger partial charge in [0.25, 0.3) is 0 Å². The van der Waals surface area contributed by atoms with Crippen LogP contribution in [0.3, 0.4) is 0 Å². The molecule has 57 heavy (non-hydrogen) atoms. The van der Waals surface area contributed by atoms with Gasteiger partial charge in [-0.25, -0.2) is 0 Å². The van der Waals surface area contributed by atoms with Crippen LogP contribution in [-0.2, 0) is 54.0 Å². The summed E-state index contributed by atoms with van der Waals surface area (Å²) in [4.78, 5) is 59.3. The Hall–Kier alpha value is -3.38. The number of carboxylic acids is 1. The van der Waals surface area contributed by atoms with E-state index >= 15 is 0 Å². The molecule has 2 rings (SSSR count). The Bertz CT molecular complexity index is 1270. The molecule has 16 heteroatoms. The molecule has 1 heterocycles. The van der Waals surface area contributed by atoms with E-state index in [1.807, 2.05) is 87.4 Å². The number of nitrogens with zero attached hydrogens (tertiary/aromatic N) is 4. The lowest BCUT2D eigenvalue weighted by molar-refractivity contribution is -0.157. The molecule has 1 N–H and O–H groups in total. The Kier molecular flexibility index (Phi) is 23.2. The van der Waals surface area contributed by atoms with E-state index < -0.39 is 35.2 Å². The lowest BCUT2D eigenvalue weighted by atomic mass is 10.0. The van der Waals surface area contributed by atoms with Crippen molar-refractivity contribution >= 4 is 23.9 Å². The Labute approximate surface area is 339 Å². The molecule has 0 saturated carbocycles. The number of aliphatic carboxylic acids is 1. The summed E-state index contributed by atoms with van der Waals surface area (Å²) in [5.41, 5.74) is -0.455. The molecule has 0 aromatic heterocycles. The van der Waals surface area contributed by atoms with Gasteiger partial charge in [-0.1, -0.05) is 12.1 Å². The SMILES string of the molecule is CCOCCOCCOCCOc1ccc(CC(C(=O)OCC)N2CCN(CC(=O)OC(C)(C)C)CCN(CC(=O)O)CCN(CC(=O)OC(C)(C)C)CC2)cc1. The molecule has 1 aromatic carbocycles. The first-order valence-corrected chi connectivity index (χ1v) is 20.2. The smallest absolute Gasteiger partial charge is 0.323 e. The van der Waals surface area contributed by atoms with Crippen molar-refractivity contribution < 1.29 is 57.4 Å². The van der Waals surface area contributed by atoms with Crippen molar-refractivity contribution in [2.24, 2.45) is 0 Å². The van der Waals surface area contributed by atoms with Gasteiger partial charge < -0.3 is 38.3 Å². The molecule has 1 aromatic rings. The number of esters is 3. The fraction of sp³-hybridized carbons (Fsp3) is 0.756. The van der Waals surface area contributed by atoms with E-state index in [4.69, 9.17) is 33.2 Å². The first kappa shape index (κ1) is 49.8. The predicted octanol–water partition coefficient (Wildman–Crippen LogP) is 2.60. The molecule has 1 aliphatic heterocycles. The van der Waals surface area contributed by atoms with Crippen LogP contribution in [0.2, 0.25) is 0 Å². The summed E-state index contributed by atoms with van der Waals surface area (Å²) in [6.45, 7) is 21.0. The van der Waals surface area contributed by atoms with E-state index in [1.165, 1.54) is 0 Å². The summed E-state index contributed by atoms with van der Waals surface area (Å²) in [6, 6.07) is 6.88. The monoisotopic (exact) mass is 810 g/mol. The normalized spacial score (nSPS) is 16.6. The standard InChI is InChI=1S/C41H70N4O12/c1-9-51-23-24-52-25-26-53-27-28-55-34-13-11-33(12-14-34)29-35(39(50)54-10-2)45-21-19-43(31-37(48)56-40(3,4)5)17-15-42(30-36(46)47)16-18-44(20-22-45)32-38(49)57-41(6,7)8/h11-14,35H,9-10,15-32H2,1-8H3,(H,46,47). The van der Waals surface area contributed by atoms with Gasteiger partial charge in [0.1, 0.15) is 29.6 Å². The first-order valence-electron chi connectivity index (χ1n) is 20.2. The van der Waals surface area contributed by atoms with Gasteiger partial charge in [-0.05, 0) is 79.5 Å². The number of hydrogen-bond donors (Lipinski definition) is 1. The molecular formula is C41H70N4O12. The molecule has 0 bridgehead atoms. The maximum Gasteiger partial charge on any atom is 0.323 e. The molecule has 0 aliphatic carbocycles. The molecular weight excluding hydrogens is 740 g/mol. The predicted molar refractivity (Wildman–Crippen MR) is 214 cm³/mol. The van der Waals surface area contributed by atoms with Crippen molar-refractivity contribution in [1.29, 1.82) is 0 Å². The summed E-state index contributed by atoms with van der Waals surface area (Å²) in [7, 11) is 0. The zero-order valence-electron chi connectivity index (χ0n) is 35.8. The maximum atomic E-state index is 13.7. The number of carboxylic acid groups (broad SMARTS) is 1. The van der Waals surface area contributed by atoms with Crippen molar-refractivity contribution in [3.05, 3.63) is 29.8 Å². The van der Waals surface area contributed by atoms with Crippen LogP contribution in [0.4, 0.5) is 0 Å². The minimum absolute atomic E-state index is 0.00435. The van der Waals surface area contributed by atoms with Crippen molar-refractivity contribution in [3.8, 4) is 5.75 Å².